The lowest BCUT2D eigenvalue weighted by molar-refractivity contribution is -0.167. The Balaban J connectivity index is 4.49. The highest BCUT2D eigenvalue weighted by molar-refractivity contribution is 5.71. The molecule has 0 aromatic rings. The Hall–Kier alpha value is -3.67. The van der Waals surface area contributed by atoms with Gasteiger partial charge in [-0.05, 0) is 109 Å². The van der Waals surface area contributed by atoms with Crippen molar-refractivity contribution in [2.75, 3.05) is 13.2 Å². The average molecular weight is 1040 g/mol. The predicted molar refractivity (Wildman–Crippen MR) is 325 cm³/mol. The Morgan fingerprint density at radius 2 is 0.480 bits per heavy atom. The molecule has 0 saturated carbocycles. The molecule has 6 nitrogen and oxygen atoms in total. The van der Waals surface area contributed by atoms with Gasteiger partial charge in [-0.2, -0.15) is 0 Å². The zero-order valence-corrected chi connectivity index (χ0v) is 49.3. The van der Waals surface area contributed by atoms with E-state index >= 15 is 0 Å². The van der Waals surface area contributed by atoms with Gasteiger partial charge in [-0.1, -0.05) is 272 Å². The van der Waals surface area contributed by atoms with Crippen LogP contribution in [0.25, 0.3) is 0 Å². The molecule has 0 bridgehead atoms. The molecule has 0 aliphatic heterocycles. The first-order valence-corrected chi connectivity index (χ1v) is 31.7. The summed E-state index contributed by atoms with van der Waals surface area (Å²) in [6, 6.07) is 0. The number of esters is 3. The summed E-state index contributed by atoms with van der Waals surface area (Å²) in [6.07, 6.45) is 84.0. The lowest BCUT2D eigenvalue weighted by Crippen LogP contribution is -2.30. The van der Waals surface area contributed by atoms with Crippen molar-refractivity contribution in [1.29, 1.82) is 0 Å². The van der Waals surface area contributed by atoms with Crippen molar-refractivity contribution in [1.82, 2.24) is 0 Å². The number of carbonyl (C=O) groups excluding carboxylic acids is 3. The van der Waals surface area contributed by atoms with E-state index in [1.165, 1.54) is 154 Å². The maximum atomic E-state index is 12.9. The molecule has 0 radical (unpaired) electrons. The lowest BCUT2D eigenvalue weighted by Gasteiger charge is -2.18. The Morgan fingerprint density at radius 1 is 0.267 bits per heavy atom. The van der Waals surface area contributed by atoms with E-state index in [1.807, 2.05) is 0 Å². The van der Waals surface area contributed by atoms with Gasteiger partial charge in [-0.3, -0.25) is 14.4 Å². The third-order valence-corrected chi connectivity index (χ3v) is 13.6. The Morgan fingerprint density at radius 3 is 0.773 bits per heavy atom. The van der Waals surface area contributed by atoms with Gasteiger partial charge in [0, 0.05) is 19.3 Å². The molecule has 0 saturated heterocycles. The predicted octanol–water partition coefficient (Wildman–Crippen LogP) is 21.7. The first-order valence-electron chi connectivity index (χ1n) is 31.7. The van der Waals surface area contributed by atoms with Crippen molar-refractivity contribution in [3.63, 3.8) is 0 Å². The number of ether oxygens (including phenoxy) is 3. The molecular weight excluding hydrogens is 925 g/mol. The normalized spacial score (nSPS) is 12.7. The van der Waals surface area contributed by atoms with Crippen LogP contribution in [0.15, 0.2) is 97.2 Å². The molecule has 0 rings (SSSR count). The van der Waals surface area contributed by atoms with Crippen LogP contribution in [0, 0.1) is 0 Å². The first-order chi connectivity index (χ1) is 37.0. The lowest BCUT2D eigenvalue weighted by atomic mass is 10.0. The van der Waals surface area contributed by atoms with Crippen molar-refractivity contribution >= 4 is 17.9 Å². The van der Waals surface area contributed by atoms with E-state index in [9.17, 15) is 14.4 Å². The van der Waals surface area contributed by atoms with Crippen LogP contribution in [0.2, 0.25) is 0 Å². The first kappa shape index (κ1) is 71.3. The molecule has 0 spiro atoms. The molecule has 0 amide bonds. The molecule has 0 aliphatic rings. The maximum absolute atomic E-state index is 12.9. The maximum Gasteiger partial charge on any atom is 0.306 e. The van der Waals surface area contributed by atoms with E-state index in [2.05, 4.69) is 118 Å². The zero-order chi connectivity index (χ0) is 54.3. The van der Waals surface area contributed by atoms with Crippen molar-refractivity contribution in [3.05, 3.63) is 97.2 Å². The van der Waals surface area contributed by atoms with E-state index < -0.39 is 6.10 Å². The highest BCUT2D eigenvalue weighted by Crippen LogP contribution is 2.16. The quantitative estimate of drug-likeness (QED) is 0.0261. The summed E-state index contributed by atoms with van der Waals surface area (Å²) >= 11 is 0. The molecule has 1 atom stereocenters. The fourth-order valence-electron chi connectivity index (χ4n) is 8.76. The van der Waals surface area contributed by atoms with Gasteiger partial charge in [0.15, 0.2) is 6.10 Å². The monoisotopic (exact) mass is 1040 g/mol. The number of hydrogen-bond acceptors (Lipinski definition) is 6. The second-order valence-corrected chi connectivity index (χ2v) is 21.0. The van der Waals surface area contributed by atoms with Crippen LogP contribution in [0.4, 0.5) is 0 Å². The number of rotatable bonds is 57. The highest BCUT2D eigenvalue weighted by atomic mass is 16.6. The van der Waals surface area contributed by atoms with Crippen LogP contribution in [-0.2, 0) is 28.6 Å². The summed E-state index contributed by atoms with van der Waals surface area (Å²) in [5.41, 5.74) is 0. The van der Waals surface area contributed by atoms with Gasteiger partial charge in [0.2, 0.25) is 0 Å². The van der Waals surface area contributed by atoms with Gasteiger partial charge in [0.1, 0.15) is 13.2 Å². The summed E-state index contributed by atoms with van der Waals surface area (Å²) in [5, 5.41) is 0. The minimum atomic E-state index is -0.809. The Kier molecular flexibility index (Phi) is 59.8. The molecule has 0 aromatic carbocycles. The standard InChI is InChI=1S/C69H118O6/c1-4-7-10-13-16-19-22-25-28-31-34-37-40-43-46-49-52-55-58-61-67(70)73-64-66(75-69(72)63-60-57-54-51-48-45-42-39-36-33-30-27-24-21-18-15-12-9-6-3)65-74-68(71)62-59-56-53-50-47-44-41-38-35-32-29-26-23-20-17-14-11-8-5-2/h16,18-19,21,25,27-28,30,34,36-37,39,43,45-46,48,66H,4-15,17,20,22-24,26,29,31-33,35,38,40-42,44,47,49-65H2,1-3H3/b19-16+,21-18+,28-25+,30-27+,37-34+,39-36+,46-43+,48-45+/t66-/m0/s1. The van der Waals surface area contributed by atoms with Gasteiger partial charge in [0.05, 0.1) is 0 Å². The second-order valence-electron chi connectivity index (χ2n) is 21.0. The molecule has 430 valence electrons. The number of unbranched alkanes of at least 4 members (excludes halogenated alkanes) is 30. The van der Waals surface area contributed by atoms with Gasteiger partial charge in [-0.25, -0.2) is 0 Å². The van der Waals surface area contributed by atoms with Crippen molar-refractivity contribution in [2.24, 2.45) is 0 Å². The van der Waals surface area contributed by atoms with Crippen molar-refractivity contribution in [3.8, 4) is 0 Å². The molecule has 75 heavy (non-hydrogen) atoms. The molecular formula is C69H118O6. The average Bonchev–Trinajstić information content (AvgIpc) is 3.41. The third-order valence-electron chi connectivity index (χ3n) is 13.6. The molecule has 0 N–H and O–H groups in total. The molecule has 0 fully saturated rings. The molecule has 0 aliphatic carbocycles. The van der Waals surface area contributed by atoms with E-state index in [-0.39, 0.29) is 37.5 Å². The van der Waals surface area contributed by atoms with Crippen LogP contribution in [0.1, 0.15) is 303 Å². The molecule has 6 heteroatoms. The van der Waals surface area contributed by atoms with E-state index in [1.54, 1.807) is 0 Å². The summed E-state index contributed by atoms with van der Waals surface area (Å²) in [4.78, 5) is 38.3. The van der Waals surface area contributed by atoms with Crippen LogP contribution in [0.5, 0.6) is 0 Å². The van der Waals surface area contributed by atoms with Crippen molar-refractivity contribution in [2.45, 2.75) is 309 Å². The molecule has 0 unspecified atom stereocenters. The van der Waals surface area contributed by atoms with E-state index in [0.29, 0.717) is 12.8 Å². The number of allylic oxidation sites excluding steroid dienone is 16. The van der Waals surface area contributed by atoms with Gasteiger partial charge in [-0.15, -0.1) is 0 Å². The second kappa shape index (κ2) is 62.9. The smallest absolute Gasteiger partial charge is 0.306 e. The Bertz CT molecular complexity index is 1480. The minimum Gasteiger partial charge on any atom is -0.462 e. The van der Waals surface area contributed by atoms with E-state index in [4.69, 9.17) is 14.2 Å². The Labute approximate surface area is 464 Å². The highest BCUT2D eigenvalue weighted by Gasteiger charge is 2.19. The fraction of sp³-hybridized carbons (Fsp3) is 0.725. The fourth-order valence-corrected chi connectivity index (χ4v) is 8.76. The molecule has 0 aromatic heterocycles. The number of carbonyl (C=O) groups is 3. The third kappa shape index (κ3) is 61.1. The SMILES string of the molecule is CCCCC/C=C/C/C=C/C/C=C/C/C=C/CCCCCC(=O)OC[C@@H](COC(=O)CCCCCCCCCCCCCCCCCCCCC)OC(=O)CCCCC/C=C/C/C=C/C/C=C/C/C=C/CCCCC. The summed E-state index contributed by atoms with van der Waals surface area (Å²) in [7, 11) is 0. The summed E-state index contributed by atoms with van der Waals surface area (Å²) in [5.74, 6) is -0.952. The molecule has 0 heterocycles. The topological polar surface area (TPSA) is 78.9 Å². The summed E-state index contributed by atoms with van der Waals surface area (Å²) < 4.78 is 16.9. The van der Waals surface area contributed by atoms with Gasteiger partial charge < -0.3 is 14.2 Å². The summed E-state index contributed by atoms with van der Waals surface area (Å²) in [6.45, 7) is 6.56. The van der Waals surface area contributed by atoms with Crippen LogP contribution >= 0.6 is 0 Å². The van der Waals surface area contributed by atoms with Crippen LogP contribution < -0.4 is 0 Å². The van der Waals surface area contributed by atoms with Crippen LogP contribution in [0.3, 0.4) is 0 Å². The van der Waals surface area contributed by atoms with Crippen molar-refractivity contribution < 1.29 is 28.6 Å². The van der Waals surface area contributed by atoms with Gasteiger partial charge >= 0.3 is 17.9 Å². The number of hydrogen-bond donors (Lipinski definition) is 0. The van der Waals surface area contributed by atoms with Gasteiger partial charge in [0.25, 0.3) is 0 Å². The zero-order valence-electron chi connectivity index (χ0n) is 49.3. The van der Waals surface area contributed by atoms with E-state index in [0.717, 1.165) is 109 Å². The van der Waals surface area contributed by atoms with Crippen LogP contribution in [-0.4, -0.2) is 37.2 Å². The minimum absolute atomic E-state index is 0.0991. The largest absolute Gasteiger partial charge is 0.462 e.